The number of methoxy groups -OCH3 is 1. The molecular formula is C18H20ClN3O3S2. The number of amides is 2. The Morgan fingerprint density at radius 2 is 2.15 bits per heavy atom. The number of fused-ring (bicyclic) bond motifs is 1. The summed E-state index contributed by atoms with van der Waals surface area (Å²) in [6, 6.07) is 7.68. The van der Waals surface area contributed by atoms with Crippen molar-refractivity contribution in [3.8, 4) is 0 Å². The van der Waals surface area contributed by atoms with Gasteiger partial charge in [0.2, 0.25) is 5.91 Å². The van der Waals surface area contributed by atoms with Crippen LogP contribution in [-0.2, 0) is 22.5 Å². The molecule has 0 atom stereocenters. The average molecular weight is 426 g/mol. The first-order valence-corrected chi connectivity index (χ1v) is 10.7. The van der Waals surface area contributed by atoms with Crippen molar-refractivity contribution in [2.45, 2.75) is 30.7 Å². The summed E-state index contributed by atoms with van der Waals surface area (Å²) in [5.41, 5.74) is 0.953. The number of nitrogens with one attached hydrogen (secondary N) is 1. The maximum Gasteiger partial charge on any atom is 0.409 e. The molecule has 0 spiro atoms. The molecule has 0 fully saturated rings. The average Bonchev–Trinajstić information content (AvgIpc) is 3.07. The van der Waals surface area contributed by atoms with Crippen molar-refractivity contribution in [3.63, 3.8) is 0 Å². The Kier molecular flexibility index (Phi) is 6.98. The van der Waals surface area contributed by atoms with E-state index in [1.54, 1.807) is 16.7 Å². The molecule has 1 aromatic carbocycles. The summed E-state index contributed by atoms with van der Waals surface area (Å²) in [7, 11) is 1.38. The molecule has 0 saturated heterocycles. The number of thiazole rings is 1. The predicted octanol–water partition coefficient (Wildman–Crippen LogP) is 4.43. The molecule has 0 bridgehead atoms. The lowest BCUT2D eigenvalue weighted by Gasteiger charge is -2.24. The largest absolute Gasteiger partial charge is 0.453 e. The lowest BCUT2D eigenvalue weighted by Crippen LogP contribution is -2.35. The van der Waals surface area contributed by atoms with Crippen molar-refractivity contribution in [1.82, 2.24) is 9.88 Å². The SMILES string of the molecule is COC(=O)N1CCc2nc(NC(=O)CCCSc3ccc(Cl)cc3)sc2C1. The highest BCUT2D eigenvalue weighted by atomic mass is 35.5. The van der Waals surface area contributed by atoms with Gasteiger partial charge in [-0.3, -0.25) is 4.79 Å². The van der Waals surface area contributed by atoms with E-state index in [4.69, 9.17) is 16.3 Å². The third-order valence-corrected chi connectivity index (χ3v) is 6.39. The molecule has 9 heteroatoms. The van der Waals surface area contributed by atoms with Gasteiger partial charge >= 0.3 is 6.09 Å². The summed E-state index contributed by atoms with van der Waals surface area (Å²) in [5, 5.41) is 4.19. The van der Waals surface area contributed by atoms with E-state index in [0.29, 0.717) is 31.1 Å². The number of halogens is 1. The van der Waals surface area contributed by atoms with Gasteiger partial charge in [0.15, 0.2) is 5.13 Å². The van der Waals surface area contributed by atoms with Crippen molar-refractivity contribution >= 4 is 51.8 Å². The molecule has 1 N–H and O–H groups in total. The van der Waals surface area contributed by atoms with Gasteiger partial charge in [0.25, 0.3) is 0 Å². The minimum absolute atomic E-state index is 0.0392. The van der Waals surface area contributed by atoms with Gasteiger partial charge < -0.3 is 15.0 Å². The van der Waals surface area contributed by atoms with Crippen molar-refractivity contribution in [2.75, 3.05) is 24.7 Å². The van der Waals surface area contributed by atoms with E-state index < -0.39 is 0 Å². The molecule has 2 aromatic rings. The Morgan fingerprint density at radius 3 is 2.89 bits per heavy atom. The van der Waals surface area contributed by atoms with Crippen LogP contribution in [0.5, 0.6) is 0 Å². The third kappa shape index (κ3) is 5.60. The van der Waals surface area contributed by atoms with Crippen LogP contribution in [0.2, 0.25) is 5.02 Å². The quantitative estimate of drug-likeness (QED) is 0.547. The molecule has 3 rings (SSSR count). The van der Waals surface area contributed by atoms with Crippen LogP contribution in [0, 0.1) is 0 Å². The van der Waals surface area contributed by atoms with E-state index in [0.717, 1.165) is 32.7 Å². The second-order valence-corrected chi connectivity index (χ2v) is 8.67. The lowest BCUT2D eigenvalue weighted by atomic mass is 10.2. The van der Waals surface area contributed by atoms with Crippen LogP contribution >= 0.6 is 34.7 Å². The van der Waals surface area contributed by atoms with Crippen molar-refractivity contribution in [2.24, 2.45) is 0 Å². The van der Waals surface area contributed by atoms with Crippen LogP contribution in [-0.4, -0.2) is 41.3 Å². The summed E-state index contributed by atoms with van der Waals surface area (Å²) in [5.74, 6) is 0.819. The Hall–Kier alpha value is -1.77. The number of hydrogen-bond donors (Lipinski definition) is 1. The molecule has 2 amide bonds. The first-order valence-electron chi connectivity index (χ1n) is 8.55. The van der Waals surface area contributed by atoms with Crippen LogP contribution in [0.25, 0.3) is 0 Å². The fourth-order valence-electron chi connectivity index (χ4n) is 2.67. The van der Waals surface area contributed by atoms with Gasteiger partial charge in [0.05, 0.1) is 19.3 Å². The molecule has 0 unspecified atom stereocenters. The minimum Gasteiger partial charge on any atom is -0.453 e. The highest BCUT2D eigenvalue weighted by molar-refractivity contribution is 7.99. The van der Waals surface area contributed by atoms with E-state index in [2.05, 4.69) is 10.3 Å². The summed E-state index contributed by atoms with van der Waals surface area (Å²) >= 11 is 8.99. The summed E-state index contributed by atoms with van der Waals surface area (Å²) < 4.78 is 4.76. The van der Waals surface area contributed by atoms with Crippen LogP contribution < -0.4 is 5.32 Å². The Bertz CT molecular complexity index is 811. The standard InChI is InChI=1S/C18H20ClN3O3S2/c1-25-18(24)22-9-8-14-15(11-22)27-17(20-14)21-16(23)3-2-10-26-13-6-4-12(19)5-7-13/h4-7H,2-3,8-11H2,1H3,(H,20,21,23). The minimum atomic E-state index is -0.335. The molecule has 0 radical (unpaired) electrons. The monoisotopic (exact) mass is 425 g/mol. The van der Waals surface area contributed by atoms with Gasteiger partial charge in [-0.05, 0) is 36.4 Å². The molecule has 0 saturated carbocycles. The van der Waals surface area contributed by atoms with Crippen molar-refractivity contribution in [1.29, 1.82) is 0 Å². The zero-order chi connectivity index (χ0) is 19.2. The molecule has 27 heavy (non-hydrogen) atoms. The van der Waals surface area contributed by atoms with Crippen LogP contribution in [0.4, 0.5) is 9.93 Å². The number of thioether (sulfide) groups is 1. The second-order valence-electron chi connectivity index (χ2n) is 5.98. The topological polar surface area (TPSA) is 71.5 Å². The van der Waals surface area contributed by atoms with Gasteiger partial charge in [-0.2, -0.15) is 0 Å². The smallest absolute Gasteiger partial charge is 0.409 e. The molecule has 1 aliphatic rings. The third-order valence-electron chi connectivity index (χ3n) is 4.04. The van der Waals surface area contributed by atoms with Crippen LogP contribution in [0.1, 0.15) is 23.4 Å². The van der Waals surface area contributed by atoms with Gasteiger partial charge in [-0.1, -0.05) is 22.9 Å². The fraction of sp³-hybridized carbons (Fsp3) is 0.389. The molecule has 1 aliphatic heterocycles. The molecule has 1 aromatic heterocycles. The summed E-state index contributed by atoms with van der Waals surface area (Å²) in [4.78, 5) is 32.0. The fourth-order valence-corrected chi connectivity index (χ4v) is 4.69. The van der Waals surface area contributed by atoms with Gasteiger partial charge in [-0.15, -0.1) is 11.8 Å². The molecule has 144 valence electrons. The first kappa shape index (κ1) is 20.0. The highest BCUT2D eigenvalue weighted by Crippen LogP contribution is 2.29. The number of aromatic nitrogens is 1. The summed E-state index contributed by atoms with van der Waals surface area (Å²) in [6.45, 7) is 1.06. The molecule has 2 heterocycles. The Balaban J connectivity index is 1.43. The van der Waals surface area contributed by atoms with Gasteiger partial charge in [0, 0.05) is 34.2 Å². The number of hydrogen-bond acceptors (Lipinski definition) is 6. The number of carbonyl (C=O) groups excluding carboxylic acids is 2. The maximum atomic E-state index is 12.1. The normalized spacial score (nSPS) is 13.2. The van der Waals surface area contributed by atoms with E-state index in [9.17, 15) is 9.59 Å². The second kappa shape index (κ2) is 9.43. The maximum absolute atomic E-state index is 12.1. The highest BCUT2D eigenvalue weighted by Gasteiger charge is 2.24. The van der Waals surface area contributed by atoms with E-state index >= 15 is 0 Å². The summed E-state index contributed by atoms with van der Waals surface area (Å²) in [6.07, 6.45) is 1.56. The van der Waals surface area contributed by atoms with Crippen LogP contribution in [0.3, 0.4) is 0 Å². The van der Waals surface area contributed by atoms with E-state index in [-0.39, 0.29) is 12.0 Å². The number of carbonyl (C=O) groups is 2. The number of ether oxygens (including phenoxy) is 1. The van der Waals surface area contributed by atoms with E-state index in [1.807, 2.05) is 24.3 Å². The van der Waals surface area contributed by atoms with Crippen molar-refractivity contribution in [3.05, 3.63) is 39.9 Å². The zero-order valence-corrected chi connectivity index (χ0v) is 17.3. The van der Waals surface area contributed by atoms with Crippen LogP contribution in [0.15, 0.2) is 29.2 Å². The number of benzene rings is 1. The Morgan fingerprint density at radius 1 is 1.37 bits per heavy atom. The predicted molar refractivity (Wildman–Crippen MR) is 109 cm³/mol. The zero-order valence-electron chi connectivity index (χ0n) is 14.9. The number of nitrogens with zero attached hydrogens (tertiary/aromatic N) is 2. The first-order chi connectivity index (χ1) is 13.0. The van der Waals surface area contributed by atoms with Gasteiger partial charge in [0.1, 0.15) is 0 Å². The lowest BCUT2D eigenvalue weighted by molar-refractivity contribution is -0.116. The molecule has 6 nitrogen and oxygen atoms in total. The number of rotatable bonds is 6. The number of anilines is 1. The molecule has 0 aliphatic carbocycles. The molecular weight excluding hydrogens is 406 g/mol. The van der Waals surface area contributed by atoms with Gasteiger partial charge in [-0.25, -0.2) is 9.78 Å². The van der Waals surface area contributed by atoms with E-state index in [1.165, 1.54) is 18.4 Å². The van der Waals surface area contributed by atoms with Crippen molar-refractivity contribution < 1.29 is 14.3 Å². The Labute approximate surface area is 171 Å².